The van der Waals surface area contributed by atoms with Gasteiger partial charge in [-0.25, -0.2) is 4.68 Å². The molecule has 36 heavy (non-hydrogen) atoms. The Balaban J connectivity index is 1.56. The fourth-order valence-corrected chi connectivity index (χ4v) is 4.78. The van der Waals surface area contributed by atoms with E-state index in [-0.39, 0.29) is 17.5 Å². The van der Waals surface area contributed by atoms with Gasteiger partial charge in [-0.05, 0) is 71.7 Å². The molecule has 0 fully saturated rings. The van der Waals surface area contributed by atoms with Crippen molar-refractivity contribution >= 4 is 10.9 Å². The van der Waals surface area contributed by atoms with Crippen LogP contribution in [-0.2, 0) is 19.6 Å². The maximum atomic E-state index is 13.2. The molecule has 5 aromatic rings. The molecule has 0 aliphatic rings. The summed E-state index contributed by atoms with van der Waals surface area (Å²) in [6.07, 6.45) is 3.30. The third kappa shape index (κ3) is 4.74. The quantitative estimate of drug-likeness (QED) is 0.320. The molecular formula is C27H30N6O3. The van der Waals surface area contributed by atoms with Crippen LogP contribution >= 0.6 is 0 Å². The molecule has 0 aliphatic heterocycles. The van der Waals surface area contributed by atoms with Crippen LogP contribution in [0.4, 0.5) is 0 Å². The van der Waals surface area contributed by atoms with Crippen LogP contribution in [0.2, 0.25) is 0 Å². The van der Waals surface area contributed by atoms with Gasteiger partial charge >= 0.3 is 0 Å². The maximum Gasteiger partial charge on any atom is 0.252 e. The number of fused-ring (bicyclic) bond motifs is 1. The van der Waals surface area contributed by atoms with E-state index >= 15 is 0 Å². The number of nitrogens with one attached hydrogen (secondary N) is 1. The average Bonchev–Trinajstić information content (AvgIpc) is 3.62. The van der Waals surface area contributed by atoms with E-state index in [1.807, 2.05) is 43.3 Å². The summed E-state index contributed by atoms with van der Waals surface area (Å²) in [5.74, 6) is 2.41. The first-order chi connectivity index (χ1) is 17.4. The first kappa shape index (κ1) is 23.7. The molecule has 0 radical (unpaired) electrons. The van der Waals surface area contributed by atoms with Gasteiger partial charge in [0.25, 0.3) is 5.56 Å². The van der Waals surface area contributed by atoms with Crippen molar-refractivity contribution in [1.29, 1.82) is 0 Å². The van der Waals surface area contributed by atoms with Gasteiger partial charge in [-0.1, -0.05) is 26.0 Å². The van der Waals surface area contributed by atoms with Gasteiger partial charge in [0.05, 0.1) is 30.6 Å². The second-order valence-corrected chi connectivity index (χ2v) is 9.56. The minimum absolute atomic E-state index is 0.0988. The first-order valence-electron chi connectivity index (χ1n) is 12.1. The zero-order valence-electron chi connectivity index (χ0n) is 20.9. The van der Waals surface area contributed by atoms with Crippen LogP contribution in [0.1, 0.15) is 53.9 Å². The molecule has 0 amide bonds. The molecular weight excluding hydrogens is 456 g/mol. The van der Waals surface area contributed by atoms with Crippen LogP contribution in [0.3, 0.4) is 0 Å². The molecule has 9 nitrogen and oxygen atoms in total. The van der Waals surface area contributed by atoms with Crippen LogP contribution in [0.15, 0.2) is 68.6 Å². The molecule has 0 unspecified atom stereocenters. The Kier molecular flexibility index (Phi) is 6.56. The SMILES string of the molecule is Cc1ccc(C)c2[nH]c(=O)c(CN(Cc3ccco3)[C@H](c3nnnn3Cc3ccco3)C(C)C)cc12. The summed E-state index contributed by atoms with van der Waals surface area (Å²) >= 11 is 0. The summed E-state index contributed by atoms with van der Waals surface area (Å²) in [4.78, 5) is 18.5. The molecule has 0 aliphatic carbocycles. The van der Waals surface area contributed by atoms with E-state index in [1.54, 1.807) is 17.2 Å². The summed E-state index contributed by atoms with van der Waals surface area (Å²) < 4.78 is 13.0. The van der Waals surface area contributed by atoms with Gasteiger partial charge in [0, 0.05) is 17.5 Å². The van der Waals surface area contributed by atoms with Crippen molar-refractivity contribution in [2.45, 2.75) is 53.4 Å². The first-order valence-corrected chi connectivity index (χ1v) is 12.1. The molecule has 1 N–H and O–H groups in total. The highest BCUT2D eigenvalue weighted by Crippen LogP contribution is 2.31. The number of hydrogen-bond donors (Lipinski definition) is 1. The lowest BCUT2D eigenvalue weighted by molar-refractivity contribution is 0.116. The summed E-state index contributed by atoms with van der Waals surface area (Å²) in [5, 5.41) is 13.7. The Labute approximate surface area is 208 Å². The van der Waals surface area contributed by atoms with Crippen LogP contribution < -0.4 is 5.56 Å². The lowest BCUT2D eigenvalue weighted by Gasteiger charge is -2.32. The Morgan fingerprint density at radius 2 is 1.72 bits per heavy atom. The lowest BCUT2D eigenvalue weighted by Crippen LogP contribution is -2.35. The highest BCUT2D eigenvalue weighted by molar-refractivity contribution is 5.85. The van der Waals surface area contributed by atoms with Crippen molar-refractivity contribution in [2.24, 2.45) is 5.92 Å². The van der Waals surface area contributed by atoms with Gasteiger partial charge in [-0.2, -0.15) is 0 Å². The standard InChI is InChI=1S/C27H30N6O3/c1-17(2)25(26-29-30-31-33(26)16-22-8-6-12-36-22)32(15-21-7-5-11-35-21)14-20-13-23-18(3)9-10-19(4)24(23)28-27(20)34/h5-13,17,25H,14-16H2,1-4H3,(H,28,34)/t25-/m0/s1. The predicted octanol–water partition coefficient (Wildman–Crippen LogP) is 4.77. The van der Waals surface area contributed by atoms with Crippen molar-refractivity contribution in [3.8, 4) is 0 Å². The molecule has 0 saturated heterocycles. The molecule has 1 aromatic carbocycles. The molecule has 0 spiro atoms. The molecule has 1 atom stereocenters. The van der Waals surface area contributed by atoms with Gasteiger partial charge in [0.2, 0.25) is 0 Å². The Bertz CT molecular complexity index is 1500. The van der Waals surface area contributed by atoms with Crippen molar-refractivity contribution in [1.82, 2.24) is 30.1 Å². The van der Waals surface area contributed by atoms with E-state index < -0.39 is 0 Å². The molecule has 186 valence electrons. The van der Waals surface area contributed by atoms with Crippen molar-refractivity contribution < 1.29 is 8.83 Å². The van der Waals surface area contributed by atoms with Crippen LogP contribution in [0, 0.1) is 19.8 Å². The Morgan fingerprint density at radius 3 is 2.42 bits per heavy atom. The van der Waals surface area contributed by atoms with E-state index in [9.17, 15) is 4.79 Å². The normalized spacial score (nSPS) is 12.7. The van der Waals surface area contributed by atoms with E-state index in [0.717, 1.165) is 33.6 Å². The van der Waals surface area contributed by atoms with E-state index in [4.69, 9.17) is 8.83 Å². The highest BCUT2D eigenvalue weighted by Gasteiger charge is 2.31. The zero-order valence-corrected chi connectivity index (χ0v) is 20.9. The number of tetrazole rings is 1. The molecule has 0 bridgehead atoms. The van der Waals surface area contributed by atoms with Crippen molar-refractivity contribution in [2.75, 3.05) is 0 Å². The fraction of sp³-hybridized carbons (Fsp3) is 0.333. The van der Waals surface area contributed by atoms with Gasteiger partial charge in [0.15, 0.2) is 5.82 Å². The molecule has 4 aromatic heterocycles. The van der Waals surface area contributed by atoms with Crippen molar-refractivity contribution in [3.63, 3.8) is 0 Å². The number of nitrogens with zero attached hydrogens (tertiary/aromatic N) is 5. The summed E-state index contributed by atoms with van der Waals surface area (Å²) in [7, 11) is 0. The summed E-state index contributed by atoms with van der Waals surface area (Å²) in [6, 6.07) is 13.5. The number of aryl methyl sites for hydroxylation is 2. The molecule has 4 heterocycles. The number of H-pyrrole nitrogens is 1. The van der Waals surface area contributed by atoms with Crippen molar-refractivity contribution in [3.05, 3.63) is 99.4 Å². The third-order valence-electron chi connectivity index (χ3n) is 6.57. The van der Waals surface area contributed by atoms with Crippen LogP contribution in [0.5, 0.6) is 0 Å². The third-order valence-corrected chi connectivity index (χ3v) is 6.57. The number of benzene rings is 1. The summed E-state index contributed by atoms with van der Waals surface area (Å²) in [6.45, 7) is 9.64. The van der Waals surface area contributed by atoms with E-state index in [1.165, 1.54) is 0 Å². The maximum absolute atomic E-state index is 13.2. The van der Waals surface area contributed by atoms with Crippen LogP contribution in [-0.4, -0.2) is 30.1 Å². The smallest absolute Gasteiger partial charge is 0.252 e. The molecule has 9 heteroatoms. The number of hydrogen-bond acceptors (Lipinski definition) is 7. The number of pyridine rings is 1. The van der Waals surface area contributed by atoms with Crippen LogP contribution in [0.25, 0.3) is 10.9 Å². The topological polar surface area (TPSA) is 106 Å². The van der Waals surface area contributed by atoms with E-state index in [2.05, 4.69) is 52.2 Å². The monoisotopic (exact) mass is 486 g/mol. The van der Waals surface area contributed by atoms with E-state index in [0.29, 0.717) is 31.0 Å². The van der Waals surface area contributed by atoms with Gasteiger partial charge < -0.3 is 13.8 Å². The molecule has 5 rings (SSSR count). The average molecular weight is 487 g/mol. The minimum Gasteiger partial charge on any atom is -0.468 e. The van der Waals surface area contributed by atoms with Gasteiger partial charge in [-0.15, -0.1) is 5.10 Å². The van der Waals surface area contributed by atoms with Gasteiger partial charge in [0.1, 0.15) is 18.1 Å². The lowest BCUT2D eigenvalue weighted by atomic mass is 9.99. The Hall–Kier alpha value is -3.98. The second-order valence-electron chi connectivity index (χ2n) is 9.56. The predicted molar refractivity (Wildman–Crippen MR) is 135 cm³/mol. The summed E-state index contributed by atoms with van der Waals surface area (Å²) in [5.41, 5.74) is 3.62. The number of rotatable bonds is 9. The zero-order chi connectivity index (χ0) is 25.2. The molecule has 0 saturated carbocycles. The number of furan rings is 2. The fourth-order valence-electron chi connectivity index (χ4n) is 4.78. The number of aromatic amines is 1. The second kappa shape index (κ2) is 9.94. The van der Waals surface area contributed by atoms with Gasteiger partial charge in [-0.3, -0.25) is 9.69 Å². The highest BCUT2D eigenvalue weighted by atomic mass is 16.3. The largest absolute Gasteiger partial charge is 0.468 e. The Morgan fingerprint density at radius 1 is 1.00 bits per heavy atom. The number of aromatic nitrogens is 5. The minimum atomic E-state index is -0.186.